The molecule has 26 heavy (non-hydrogen) atoms. The van der Waals surface area contributed by atoms with Crippen molar-refractivity contribution in [3.8, 4) is 11.3 Å². The molecule has 6 nitrogen and oxygen atoms in total. The number of carbonyl (C=O) groups is 1. The lowest BCUT2D eigenvalue weighted by Gasteiger charge is -2.09. The Kier molecular flexibility index (Phi) is 4.63. The number of aromatic carboxylic acids is 1. The van der Waals surface area contributed by atoms with Gasteiger partial charge in [0.2, 0.25) is 5.76 Å². The van der Waals surface area contributed by atoms with Crippen LogP contribution in [0.4, 0.5) is 0 Å². The van der Waals surface area contributed by atoms with Crippen molar-refractivity contribution in [1.82, 2.24) is 14.8 Å². The Bertz CT molecular complexity index is 990. The average molecular weight is 374 g/mol. The van der Waals surface area contributed by atoms with Crippen LogP contribution in [0.15, 0.2) is 22.7 Å². The molecule has 0 saturated heterocycles. The summed E-state index contributed by atoms with van der Waals surface area (Å²) in [5.74, 6) is -0.286. The van der Waals surface area contributed by atoms with E-state index in [-0.39, 0.29) is 19.6 Å². The van der Waals surface area contributed by atoms with Gasteiger partial charge in [0.25, 0.3) is 0 Å². The Morgan fingerprint density at radius 3 is 2.62 bits per heavy atom. The van der Waals surface area contributed by atoms with Crippen LogP contribution in [0, 0.1) is 20.8 Å². The van der Waals surface area contributed by atoms with Gasteiger partial charge in [-0.3, -0.25) is 9.67 Å². The molecular weight excluding hydrogens is 354 g/mol. The third-order valence-electron chi connectivity index (χ3n) is 4.60. The van der Waals surface area contributed by atoms with Gasteiger partial charge in [-0.2, -0.15) is 5.10 Å². The fourth-order valence-corrected chi connectivity index (χ4v) is 3.65. The molecule has 0 aliphatic heterocycles. The van der Waals surface area contributed by atoms with Gasteiger partial charge in [-0.05, 0) is 50.5 Å². The van der Waals surface area contributed by atoms with Crippen LogP contribution in [0.5, 0.6) is 0 Å². The normalized spacial score (nSPS) is 12.3. The molecule has 7 heteroatoms. The summed E-state index contributed by atoms with van der Waals surface area (Å²) in [5, 5.41) is 14.0. The van der Waals surface area contributed by atoms with Crippen LogP contribution < -0.4 is 12.4 Å². The molecule has 3 aromatic rings. The Morgan fingerprint density at radius 2 is 1.96 bits per heavy atom. The smallest absolute Gasteiger partial charge is 1.00 e. The number of hydrogen-bond acceptors (Lipinski definition) is 4. The molecule has 1 N–H and O–H groups in total. The van der Waals surface area contributed by atoms with Crippen LogP contribution in [0.25, 0.3) is 11.3 Å². The zero-order valence-corrected chi connectivity index (χ0v) is 15.6. The topological polar surface area (TPSA) is 81.2 Å². The molecule has 136 valence electrons. The lowest BCUT2D eigenvalue weighted by Crippen LogP contribution is -3.00. The number of pyridine rings is 1. The van der Waals surface area contributed by atoms with Gasteiger partial charge in [-0.25, -0.2) is 4.79 Å². The van der Waals surface area contributed by atoms with Gasteiger partial charge in [0.05, 0.1) is 12.2 Å². The highest BCUT2D eigenvalue weighted by Gasteiger charge is 2.29. The highest BCUT2D eigenvalue weighted by molar-refractivity contribution is 5.90. The van der Waals surface area contributed by atoms with Crippen LogP contribution >= 0.6 is 0 Å². The summed E-state index contributed by atoms with van der Waals surface area (Å²) in [6, 6.07) is 4.12. The minimum absolute atomic E-state index is 0. The van der Waals surface area contributed by atoms with Crippen LogP contribution in [-0.2, 0) is 19.4 Å². The van der Waals surface area contributed by atoms with E-state index < -0.39 is 5.97 Å². The van der Waals surface area contributed by atoms with Gasteiger partial charge >= 0.3 is 7.40 Å². The maximum absolute atomic E-state index is 11.3. The molecule has 0 amide bonds. The summed E-state index contributed by atoms with van der Waals surface area (Å²) in [6.07, 6.45) is 3.56. The Balaban J connectivity index is 0.00000131. The minimum atomic E-state index is -1.03. The molecule has 0 fully saturated rings. The third kappa shape index (κ3) is 3.01. The first-order chi connectivity index (χ1) is 11.9. The third-order valence-corrected chi connectivity index (χ3v) is 4.60. The van der Waals surface area contributed by atoms with Gasteiger partial charge in [-0.1, -0.05) is 0 Å². The fraction of sp³-hybridized carbons (Fsp3) is 0.316. The second-order valence-electron chi connectivity index (χ2n) is 6.62. The van der Waals surface area contributed by atoms with E-state index in [1.807, 2.05) is 18.5 Å². The van der Waals surface area contributed by atoms with Gasteiger partial charge in [0.1, 0.15) is 5.76 Å². The molecule has 0 unspecified atom stereocenters. The van der Waals surface area contributed by atoms with Gasteiger partial charge < -0.3 is 21.9 Å². The largest absolute Gasteiger partial charge is 1.00 e. The molecule has 3 aromatic heterocycles. The lowest BCUT2D eigenvalue weighted by atomic mass is 9.94. The molecule has 0 atom stereocenters. The van der Waals surface area contributed by atoms with Crippen molar-refractivity contribution in [3.05, 3.63) is 57.9 Å². The second-order valence-corrected chi connectivity index (χ2v) is 6.62. The van der Waals surface area contributed by atoms with E-state index in [1.54, 1.807) is 6.92 Å². The number of rotatable bonds is 3. The lowest BCUT2D eigenvalue weighted by molar-refractivity contribution is -0.0000211. The van der Waals surface area contributed by atoms with Gasteiger partial charge in [0.15, 0.2) is 0 Å². The first-order valence-corrected chi connectivity index (χ1v) is 8.29. The van der Waals surface area contributed by atoms with Crippen molar-refractivity contribution in [2.24, 2.45) is 0 Å². The molecule has 1 aliphatic rings. The van der Waals surface area contributed by atoms with E-state index in [0.717, 1.165) is 46.0 Å². The number of carboxylic acids is 1. The van der Waals surface area contributed by atoms with Crippen LogP contribution in [0.3, 0.4) is 0 Å². The summed E-state index contributed by atoms with van der Waals surface area (Å²) in [6.45, 7) is 6.42. The number of carboxylic acid groups (broad SMARTS) is 1. The van der Waals surface area contributed by atoms with Crippen LogP contribution in [0.2, 0.25) is 0 Å². The molecule has 1 aliphatic carbocycles. The molecule has 0 saturated carbocycles. The molecule has 0 radical (unpaired) electrons. The first-order valence-electron chi connectivity index (χ1n) is 8.29. The van der Waals surface area contributed by atoms with Crippen molar-refractivity contribution in [2.75, 3.05) is 0 Å². The first kappa shape index (κ1) is 18.2. The molecule has 4 rings (SSSR count). The number of fused-ring (bicyclic) bond motifs is 3. The van der Waals surface area contributed by atoms with Gasteiger partial charge in [-0.15, -0.1) is 0 Å². The number of halogens is 1. The van der Waals surface area contributed by atoms with Crippen LogP contribution in [0.1, 0.15) is 45.8 Å². The number of aryl methyl sites for hydroxylation is 4. The Hall–Kier alpha value is -2.60. The van der Waals surface area contributed by atoms with Crippen molar-refractivity contribution < 1.29 is 28.2 Å². The van der Waals surface area contributed by atoms with E-state index in [9.17, 15) is 9.90 Å². The minimum Gasteiger partial charge on any atom is -1.00 e. The highest BCUT2D eigenvalue weighted by atomic mass is 35.5. The van der Waals surface area contributed by atoms with Crippen molar-refractivity contribution >= 4 is 5.97 Å². The maximum atomic E-state index is 11.3. The predicted molar refractivity (Wildman–Crippen MR) is 93.0 cm³/mol. The predicted octanol–water partition coefficient (Wildman–Crippen LogP) is 0.425. The van der Waals surface area contributed by atoms with E-state index in [4.69, 9.17) is 9.52 Å². The maximum Gasteiger partial charge on any atom is 1.00 e. The van der Waals surface area contributed by atoms with Crippen LogP contribution in [-0.4, -0.2) is 25.8 Å². The number of nitrogens with zero attached hydrogens (tertiary/aromatic N) is 3. The zero-order valence-electron chi connectivity index (χ0n) is 15.8. The molecular formula is C19H20ClN3O3. The number of aromatic nitrogens is 3. The van der Waals surface area contributed by atoms with Crippen molar-refractivity contribution in [2.45, 2.75) is 40.2 Å². The fourth-order valence-electron chi connectivity index (χ4n) is 3.65. The number of furan rings is 1. The molecule has 3 heterocycles. The van der Waals surface area contributed by atoms with E-state index in [2.05, 4.69) is 23.3 Å². The standard InChI is InChI=1S/C19H19N3O3.ClH/c1-10-6-13(7-11(2)20-10)8-22-9-14-4-5-15-16(17(14)21-22)12(3)18(25-15)19(23)24;/h6-7,9H,4-5,8H2,1-3H3,(H,23,24);1H. The van der Waals surface area contributed by atoms with Crippen molar-refractivity contribution in [1.29, 1.82) is 0 Å². The van der Waals surface area contributed by atoms with E-state index in [0.29, 0.717) is 18.5 Å². The monoisotopic (exact) mass is 373 g/mol. The molecule has 0 aromatic carbocycles. The second kappa shape index (κ2) is 6.61. The summed E-state index contributed by atoms with van der Waals surface area (Å²) < 4.78 is 7.47. The molecule has 0 spiro atoms. The highest BCUT2D eigenvalue weighted by Crippen LogP contribution is 2.38. The van der Waals surface area contributed by atoms with Crippen molar-refractivity contribution in [3.63, 3.8) is 0 Å². The number of hydrogen-bond donors (Lipinski definition) is 1. The van der Waals surface area contributed by atoms with E-state index in [1.165, 1.54) is 0 Å². The summed E-state index contributed by atoms with van der Waals surface area (Å²) in [5.41, 5.74) is 6.62. The average Bonchev–Trinajstić information content (AvgIpc) is 3.06. The summed E-state index contributed by atoms with van der Waals surface area (Å²) in [4.78, 5) is 15.7. The zero-order chi connectivity index (χ0) is 17.7. The SMILES string of the molecule is Cc1cc(Cn2cc3c(n2)-c2c(oc(C(=O)O)c2C)CC3)cc(C)n1.[Cl-].[H+]. The summed E-state index contributed by atoms with van der Waals surface area (Å²) in [7, 11) is 0. The molecule has 0 bridgehead atoms. The van der Waals surface area contributed by atoms with E-state index >= 15 is 0 Å². The summed E-state index contributed by atoms with van der Waals surface area (Å²) >= 11 is 0. The Labute approximate surface area is 158 Å². The Morgan fingerprint density at radius 1 is 1.27 bits per heavy atom. The van der Waals surface area contributed by atoms with Gasteiger partial charge in [0, 0.05) is 35.1 Å². The quantitative estimate of drug-likeness (QED) is 0.720.